The van der Waals surface area contributed by atoms with Gasteiger partial charge in [-0.3, -0.25) is 4.79 Å². The number of ketones is 1. The summed E-state index contributed by atoms with van der Waals surface area (Å²) in [5, 5.41) is 18.5. The largest absolute Gasteiger partial charge is 0.411 e. The van der Waals surface area contributed by atoms with Gasteiger partial charge in [0.1, 0.15) is 17.5 Å². The Morgan fingerprint density at radius 3 is 2.33 bits per heavy atom. The van der Waals surface area contributed by atoms with Gasteiger partial charge in [0.15, 0.2) is 5.78 Å². The van der Waals surface area contributed by atoms with Crippen LogP contribution in [0.2, 0.25) is 5.02 Å². The maximum absolute atomic E-state index is 12.8. The van der Waals surface area contributed by atoms with Crippen molar-refractivity contribution >= 4 is 40.5 Å². The molecule has 7 nitrogen and oxygen atoms in total. The van der Waals surface area contributed by atoms with Gasteiger partial charge in [-0.05, 0) is 36.4 Å². The SMILES string of the molecule is CN1C(=C(C#N)C(=O)CSc2nnc(-c3ccc(Cl)cc3)o2)N(C)c2ccccc21. The molecule has 150 valence electrons. The summed E-state index contributed by atoms with van der Waals surface area (Å²) in [6, 6.07) is 16.8. The number of benzene rings is 2. The highest BCUT2D eigenvalue weighted by Gasteiger charge is 2.31. The molecule has 0 N–H and O–H groups in total. The molecule has 4 rings (SSSR count). The van der Waals surface area contributed by atoms with Crippen molar-refractivity contribution in [3.63, 3.8) is 0 Å². The van der Waals surface area contributed by atoms with Crippen molar-refractivity contribution in [3.05, 3.63) is 64.9 Å². The van der Waals surface area contributed by atoms with Crippen molar-refractivity contribution in [1.82, 2.24) is 10.2 Å². The Bertz CT molecular complexity index is 1150. The quantitative estimate of drug-likeness (QED) is 0.330. The van der Waals surface area contributed by atoms with Crippen LogP contribution in [0.4, 0.5) is 11.4 Å². The third kappa shape index (κ3) is 3.65. The van der Waals surface area contributed by atoms with Crippen LogP contribution in [-0.2, 0) is 4.79 Å². The van der Waals surface area contributed by atoms with Crippen LogP contribution in [-0.4, -0.2) is 35.8 Å². The predicted octanol–water partition coefficient (Wildman–Crippen LogP) is 4.37. The van der Waals surface area contributed by atoms with E-state index in [0.717, 1.165) is 28.7 Å². The maximum atomic E-state index is 12.8. The zero-order valence-electron chi connectivity index (χ0n) is 16.2. The topological polar surface area (TPSA) is 86.3 Å². The standard InChI is InChI=1S/C21H16ClN5O2S/c1-26-16-5-3-4-6-17(16)27(2)20(26)15(11-23)18(28)12-30-21-25-24-19(29-21)13-7-9-14(22)10-8-13/h3-10H,12H2,1-2H3. The molecule has 0 fully saturated rings. The third-order valence-corrected chi connectivity index (χ3v) is 5.75. The molecule has 2 heterocycles. The van der Waals surface area contributed by atoms with Crippen molar-refractivity contribution in [3.8, 4) is 17.5 Å². The number of Topliss-reactive ketones (excluding diaryl/α,β-unsaturated/α-hetero) is 1. The second kappa shape index (κ2) is 8.22. The van der Waals surface area contributed by atoms with E-state index in [4.69, 9.17) is 16.0 Å². The lowest BCUT2D eigenvalue weighted by atomic mass is 10.2. The Hall–Kier alpha value is -3.28. The summed E-state index contributed by atoms with van der Waals surface area (Å²) in [6.07, 6.45) is 0. The molecule has 0 radical (unpaired) electrons. The number of hydrogen-bond donors (Lipinski definition) is 0. The number of rotatable bonds is 5. The number of nitriles is 1. The van der Waals surface area contributed by atoms with E-state index >= 15 is 0 Å². The van der Waals surface area contributed by atoms with Gasteiger partial charge in [0, 0.05) is 24.7 Å². The lowest BCUT2D eigenvalue weighted by Crippen LogP contribution is -2.26. The van der Waals surface area contributed by atoms with Crippen LogP contribution >= 0.6 is 23.4 Å². The van der Waals surface area contributed by atoms with E-state index in [1.54, 1.807) is 24.3 Å². The van der Waals surface area contributed by atoms with Crippen molar-refractivity contribution in [2.75, 3.05) is 29.6 Å². The van der Waals surface area contributed by atoms with E-state index in [1.807, 2.05) is 48.2 Å². The molecular weight excluding hydrogens is 422 g/mol. The molecule has 0 amide bonds. The van der Waals surface area contributed by atoms with E-state index in [-0.39, 0.29) is 22.3 Å². The third-order valence-electron chi connectivity index (χ3n) is 4.68. The average molecular weight is 438 g/mol. The Morgan fingerprint density at radius 2 is 1.73 bits per heavy atom. The minimum absolute atomic E-state index is 0.00662. The summed E-state index contributed by atoms with van der Waals surface area (Å²) in [4.78, 5) is 16.5. The Balaban J connectivity index is 1.51. The van der Waals surface area contributed by atoms with Gasteiger partial charge in [0.2, 0.25) is 5.89 Å². The van der Waals surface area contributed by atoms with Crippen LogP contribution in [0.25, 0.3) is 11.5 Å². The van der Waals surface area contributed by atoms with E-state index in [1.165, 1.54) is 0 Å². The number of thioether (sulfide) groups is 1. The highest BCUT2D eigenvalue weighted by molar-refractivity contribution is 7.99. The minimum Gasteiger partial charge on any atom is -0.411 e. The molecule has 1 aliphatic heterocycles. The molecule has 1 aromatic heterocycles. The molecule has 0 saturated carbocycles. The number of halogens is 1. The predicted molar refractivity (Wildman–Crippen MR) is 116 cm³/mol. The molecule has 0 unspecified atom stereocenters. The second-order valence-corrected chi connectivity index (χ2v) is 7.87. The summed E-state index contributed by atoms with van der Waals surface area (Å²) in [5.74, 6) is 0.588. The number of anilines is 2. The van der Waals surface area contributed by atoms with E-state index in [9.17, 15) is 10.1 Å². The van der Waals surface area contributed by atoms with E-state index in [0.29, 0.717) is 16.7 Å². The molecule has 30 heavy (non-hydrogen) atoms. The summed E-state index contributed by atoms with van der Waals surface area (Å²) in [7, 11) is 3.68. The molecule has 0 bridgehead atoms. The normalized spacial score (nSPS) is 12.7. The van der Waals surface area contributed by atoms with Gasteiger partial charge in [0.05, 0.1) is 17.1 Å². The second-order valence-electron chi connectivity index (χ2n) is 6.51. The van der Waals surface area contributed by atoms with Crippen LogP contribution in [0.3, 0.4) is 0 Å². The number of carbonyl (C=O) groups is 1. The fourth-order valence-corrected chi connectivity index (χ4v) is 4.00. The maximum Gasteiger partial charge on any atom is 0.277 e. The van der Waals surface area contributed by atoms with Crippen LogP contribution in [0.15, 0.2) is 69.6 Å². The average Bonchev–Trinajstić information content (AvgIpc) is 3.33. The summed E-state index contributed by atoms with van der Waals surface area (Å²) in [5.41, 5.74) is 2.69. The summed E-state index contributed by atoms with van der Waals surface area (Å²) in [6.45, 7) is 0. The highest BCUT2D eigenvalue weighted by Crippen LogP contribution is 2.40. The summed E-state index contributed by atoms with van der Waals surface area (Å²) >= 11 is 6.99. The number of allylic oxidation sites excluding steroid dienone is 1. The van der Waals surface area contributed by atoms with Gasteiger partial charge in [-0.25, -0.2) is 0 Å². The lowest BCUT2D eigenvalue weighted by Gasteiger charge is -2.19. The zero-order chi connectivity index (χ0) is 21.3. The number of fused-ring (bicyclic) bond motifs is 1. The molecule has 3 aromatic rings. The first-order valence-electron chi connectivity index (χ1n) is 8.96. The number of nitrogens with zero attached hydrogens (tertiary/aromatic N) is 5. The monoisotopic (exact) mass is 437 g/mol. The van der Waals surface area contributed by atoms with Crippen molar-refractivity contribution in [1.29, 1.82) is 5.26 Å². The van der Waals surface area contributed by atoms with Gasteiger partial charge >= 0.3 is 0 Å². The Kier molecular flexibility index (Phi) is 5.48. The number of hydrogen-bond acceptors (Lipinski definition) is 8. The van der Waals surface area contributed by atoms with Crippen molar-refractivity contribution in [2.45, 2.75) is 5.22 Å². The van der Waals surface area contributed by atoms with Crippen molar-refractivity contribution in [2.24, 2.45) is 0 Å². The van der Waals surface area contributed by atoms with Gasteiger partial charge in [-0.15, -0.1) is 10.2 Å². The van der Waals surface area contributed by atoms with Gasteiger partial charge in [-0.2, -0.15) is 5.26 Å². The first-order valence-corrected chi connectivity index (χ1v) is 10.3. The molecule has 0 atom stereocenters. The minimum atomic E-state index is -0.310. The van der Waals surface area contributed by atoms with Crippen molar-refractivity contribution < 1.29 is 9.21 Å². The first-order chi connectivity index (χ1) is 14.5. The highest BCUT2D eigenvalue weighted by atomic mass is 35.5. The van der Waals surface area contributed by atoms with Gasteiger partial charge in [0.25, 0.3) is 5.22 Å². The lowest BCUT2D eigenvalue weighted by molar-refractivity contribution is -0.112. The number of carbonyl (C=O) groups excluding carboxylic acids is 1. The van der Waals surface area contributed by atoms with Gasteiger partial charge < -0.3 is 14.2 Å². The molecule has 0 spiro atoms. The van der Waals surface area contributed by atoms with E-state index in [2.05, 4.69) is 16.3 Å². The molecule has 0 saturated heterocycles. The summed E-state index contributed by atoms with van der Waals surface area (Å²) < 4.78 is 5.62. The van der Waals surface area contributed by atoms with Crippen LogP contribution in [0.1, 0.15) is 0 Å². The molecule has 0 aliphatic carbocycles. The molecule has 2 aromatic carbocycles. The molecule has 1 aliphatic rings. The Morgan fingerprint density at radius 1 is 1.10 bits per heavy atom. The fourth-order valence-electron chi connectivity index (χ4n) is 3.23. The number of para-hydroxylation sites is 2. The van der Waals surface area contributed by atoms with E-state index < -0.39 is 0 Å². The van der Waals surface area contributed by atoms with Crippen LogP contribution in [0.5, 0.6) is 0 Å². The Labute approximate surface area is 182 Å². The number of aromatic nitrogens is 2. The molecule has 9 heteroatoms. The van der Waals surface area contributed by atoms with Crippen LogP contribution in [0, 0.1) is 11.3 Å². The first kappa shape index (κ1) is 20.0. The van der Waals surface area contributed by atoms with Crippen LogP contribution < -0.4 is 9.80 Å². The fraction of sp³-hybridized carbons (Fsp3) is 0.143. The van der Waals surface area contributed by atoms with Gasteiger partial charge in [-0.1, -0.05) is 35.5 Å². The molecular formula is C21H16ClN5O2S. The smallest absolute Gasteiger partial charge is 0.277 e. The zero-order valence-corrected chi connectivity index (χ0v) is 17.7.